The smallest absolute Gasteiger partial charge is 0.255 e. The van der Waals surface area contributed by atoms with Gasteiger partial charge < -0.3 is 20.0 Å². The van der Waals surface area contributed by atoms with Crippen LogP contribution in [0.2, 0.25) is 0 Å². The van der Waals surface area contributed by atoms with Crippen molar-refractivity contribution in [3.63, 3.8) is 0 Å². The second kappa shape index (κ2) is 7.72. The highest BCUT2D eigenvalue weighted by atomic mass is 16.3. The quantitative estimate of drug-likeness (QED) is 0.770. The third-order valence-electron chi connectivity index (χ3n) is 4.23. The van der Waals surface area contributed by atoms with Gasteiger partial charge in [-0.15, -0.1) is 0 Å². The Labute approximate surface area is 132 Å². The zero-order valence-electron chi connectivity index (χ0n) is 13.2. The van der Waals surface area contributed by atoms with Crippen LogP contribution in [0.4, 0.5) is 0 Å². The van der Waals surface area contributed by atoms with Crippen LogP contribution in [-0.2, 0) is 11.2 Å². The van der Waals surface area contributed by atoms with Crippen LogP contribution >= 0.6 is 0 Å². The Morgan fingerprint density at radius 1 is 1.32 bits per heavy atom. The van der Waals surface area contributed by atoms with E-state index >= 15 is 0 Å². The highest BCUT2D eigenvalue weighted by molar-refractivity contribution is 5.86. The first-order valence-electron chi connectivity index (χ1n) is 7.90. The summed E-state index contributed by atoms with van der Waals surface area (Å²) in [6, 6.07) is 10.1. The predicted octanol–water partition coefficient (Wildman–Crippen LogP) is 0.507. The Balaban J connectivity index is 1.94. The van der Waals surface area contributed by atoms with E-state index in [4.69, 9.17) is 5.11 Å². The minimum absolute atomic E-state index is 0.0263. The Bertz CT molecular complexity index is 480. The van der Waals surface area contributed by atoms with E-state index in [1.54, 1.807) is 9.80 Å². The Morgan fingerprint density at radius 2 is 2.05 bits per heavy atom. The van der Waals surface area contributed by atoms with Crippen molar-refractivity contribution in [2.24, 2.45) is 0 Å². The summed E-state index contributed by atoms with van der Waals surface area (Å²) >= 11 is 0. The number of carbonyl (C=O) groups is 1. The zero-order chi connectivity index (χ0) is 16.0. The van der Waals surface area contributed by atoms with Gasteiger partial charge in [0.25, 0.3) is 5.91 Å². The summed E-state index contributed by atoms with van der Waals surface area (Å²) < 4.78 is 0. The van der Waals surface area contributed by atoms with Gasteiger partial charge in [-0.05, 0) is 31.9 Å². The summed E-state index contributed by atoms with van der Waals surface area (Å²) in [5.41, 5.74) is -0.124. The van der Waals surface area contributed by atoms with Crippen molar-refractivity contribution >= 4 is 5.91 Å². The van der Waals surface area contributed by atoms with Gasteiger partial charge in [0, 0.05) is 26.2 Å². The van der Waals surface area contributed by atoms with Gasteiger partial charge in [0.15, 0.2) is 5.60 Å². The van der Waals surface area contributed by atoms with E-state index in [0.717, 1.165) is 12.8 Å². The van der Waals surface area contributed by atoms with Gasteiger partial charge in [-0.25, -0.2) is 0 Å². The van der Waals surface area contributed by atoms with Crippen LogP contribution < -0.4 is 0 Å². The van der Waals surface area contributed by atoms with Gasteiger partial charge in [0.2, 0.25) is 0 Å². The Hall–Kier alpha value is -1.43. The van der Waals surface area contributed by atoms with E-state index in [2.05, 4.69) is 12.1 Å². The molecule has 0 spiro atoms. The van der Waals surface area contributed by atoms with E-state index in [9.17, 15) is 9.90 Å². The summed E-state index contributed by atoms with van der Waals surface area (Å²) in [6.45, 7) is 2.10. The van der Waals surface area contributed by atoms with Crippen LogP contribution in [0, 0.1) is 0 Å². The molecular weight excluding hydrogens is 280 g/mol. The van der Waals surface area contributed by atoms with Gasteiger partial charge >= 0.3 is 0 Å². The number of hydrogen-bond donors (Lipinski definition) is 2. The number of piperidine rings is 1. The number of likely N-dealkylation sites (tertiary alicyclic amines) is 1. The topological polar surface area (TPSA) is 64.0 Å². The molecule has 1 atom stereocenters. The molecular formula is C17H26N2O3. The van der Waals surface area contributed by atoms with Crippen molar-refractivity contribution < 1.29 is 15.0 Å². The molecule has 0 unspecified atom stereocenters. The minimum Gasteiger partial charge on any atom is -0.395 e. The fourth-order valence-corrected chi connectivity index (χ4v) is 3.03. The summed E-state index contributed by atoms with van der Waals surface area (Å²) in [6.07, 6.45) is 2.10. The molecule has 2 N–H and O–H groups in total. The third-order valence-corrected chi connectivity index (χ3v) is 4.23. The number of hydrogen-bond acceptors (Lipinski definition) is 4. The number of benzene rings is 1. The normalized spacial score (nSPS) is 22.4. The van der Waals surface area contributed by atoms with Gasteiger partial charge in [0.1, 0.15) is 0 Å². The Morgan fingerprint density at radius 3 is 2.73 bits per heavy atom. The van der Waals surface area contributed by atoms with Crippen molar-refractivity contribution in [1.82, 2.24) is 9.80 Å². The van der Waals surface area contributed by atoms with Crippen molar-refractivity contribution in [3.05, 3.63) is 35.9 Å². The molecule has 1 saturated heterocycles. The molecule has 0 bridgehead atoms. The number of nitrogens with zero attached hydrogens (tertiary/aromatic N) is 2. The third kappa shape index (κ3) is 4.29. The molecule has 5 heteroatoms. The lowest BCUT2D eigenvalue weighted by molar-refractivity contribution is -0.159. The molecule has 0 saturated carbocycles. The molecule has 1 aliphatic rings. The molecule has 5 nitrogen and oxygen atoms in total. The maximum absolute atomic E-state index is 12.6. The first-order chi connectivity index (χ1) is 10.5. The molecule has 0 aliphatic carbocycles. The first-order valence-corrected chi connectivity index (χ1v) is 7.90. The molecule has 1 aromatic rings. The molecule has 0 radical (unpaired) electrons. The lowest BCUT2D eigenvalue weighted by Gasteiger charge is -2.40. The standard InChI is InChI=1S/C17H26N2O3/c1-18(12-13-20)14-17(22)9-5-10-19(16(17)21)11-8-15-6-3-2-4-7-15/h2-4,6-7,20,22H,5,8-14H2,1H3/t17-/m0/s1. The highest BCUT2D eigenvalue weighted by Gasteiger charge is 2.42. The van der Waals surface area contributed by atoms with E-state index in [1.807, 2.05) is 25.2 Å². The first kappa shape index (κ1) is 16.9. The molecule has 1 heterocycles. The monoisotopic (exact) mass is 306 g/mol. The second-order valence-corrected chi connectivity index (χ2v) is 6.12. The molecule has 1 aliphatic heterocycles. The highest BCUT2D eigenvalue weighted by Crippen LogP contribution is 2.24. The maximum atomic E-state index is 12.6. The van der Waals surface area contributed by atoms with Crippen molar-refractivity contribution in [2.45, 2.75) is 24.9 Å². The van der Waals surface area contributed by atoms with Crippen LogP contribution in [0.3, 0.4) is 0 Å². The fourth-order valence-electron chi connectivity index (χ4n) is 3.03. The van der Waals surface area contributed by atoms with Gasteiger partial charge in [-0.2, -0.15) is 0 Å². The van der Waals surface area contributed by atoms with E-state index in [1.165, 1.54) is 5.56 Å². The molecule has 1 fully saturated rings. The number of likely N-dealkylation sites (N-methyl/N-ethyl adjacent to an activating group) is 1. The fraction of sp³-hybridized carbons (Fsp3) is 0.588. The zero-order valence-corrected chi connectivity index (χ0v) is 13.2. The molecule has 1 aromatic carbocycles. The van der Waals surface area contributed by atoms with E-state index in [-0.39, 0.29) is 19.1 Å². The van der Waals surface area contributed by atoms with Gasteiger partial charge in [0.05, 0.1) is 6.61 Å². The number of carbonyl (C=O) groups excluding carboxylic acids is 1. The number of amides is 1. The van der Waals surface area contributed by atoms with E-state index in [0.29, 0.717) is 26.1 Å². The molecule has 2 rings (SSSR count). The van der Waals surface area contributed by atoms with Crippen LogP contribution in [-0.4, -0.2) is 71.4 Å². The van der Waals surface area contributed by atoms with Crippen LogP contribution in [0.25, 0.3) is 0 Å². The van der Waals surface area contributed by atoms with Crippen molar-refractivity contribution in [1.29, 1.82) is 0 Å². The number of aliphatic hydroxyl groups excluding tert-OH is 1. The van der Waals surface area contributed by atoms with E-state index < -0.39 is 5.60 Å². The average Bonchev–Trinajstić information content (AvgIpc) is 2.50. The second-order valence-electron chi connectivity index (χ2n) is 6.12. The van der Waals surface area contributed by atoms with Gasteiger partial charge in [-0.3, -0.25) is 4.79 Å². The summed E-state index contributed by atoms with van der Waals surface area (Å²) in [4.78, 5) is 16.2. The van der Waals surface area contributed by atoms with Crippen molar-refractivity contribution in [3.8, 4) is 0 Å². The molecule has 22 heavy (non-hydrogen) atoms. The average molecular weight is 306 g/mol. The summed E-state index contributed by atoms with van der Waals surface area (Å²) in [5, 5.41) is 19.6. The lowest BCUT2D eigenvalue weighted by atomic mass is 9.91. The van der Waals surface area contributed by atoms with Crippen LogP contribution in [0.15, 0.2) is 30.3 Å². The SMILES string of the molecule is CN(CCO)C[C@@]1(O)CCCN(CCc2ccccc2)C1=O. The lowest BCUT2D eigenvalue weighted by Crippen LogP contribution is -2.58. The molecule has 1 amide bonds. The summed E-state index contributed by atoms with van der Waals surface area (Å²) in [7, 11) is 1.81. The maximum Gasteiger partial charge on any atom is 0.255 e. The molecule has 122 valence electrons. The predicted molar refractivity (Wildman–Crippen MR) is 85.5 cm³/mol. The largest absolute Gasteiger partial charge is 0.395 e. The molecule has 0 aromatic heterocycles. The summed E-state index contributed by atoms with van der Waals surface area (Å²) in [5.74, 6) is -0.181. The number of rotatable bonds is 7. The van der Waals surface area contributed by atoms with Crippen LogP contribution in [0.1, 0.15) is 18.4 Å². The minimum atomic E-state index is -1.32. The van der Waals surface area contributed by atoms with Crippen LogP contribution in [0.5, 0.6) is 0 Å². The Kier molecular flexibility index (Phi) is 5.94. The van der Waals surface area contributed by atoms with Crippen molar-refractivity contribution in [2.75, 3.05) is 39.8 Å². The van der Waals surface area contributed by atoms with Gasteiger partial charge in [-0.1, -0.05) is 30.3 Å². The number of aliphatic hydroxyl groups is 2.